The molecule has 20 heavy (non-hydrogen) atoms. The molecule has 1 amide bonds. The van der Waals surface area contributed by atoms with Crippen molar-refractivity contribution in [2.45, 2.75) is 38.9 Å². The van der Waals surface area contributed by atoms with Gasteiger partial charge >= 0.3 is 0 Å². The molecule has 1 aromatic carbocycles. The Labute approximate surface area is 120 Å². The standard InChI is InChI=1S/C14H22N2O3S/c1-4-11(3)20(18,19)8-7-14(17)16-13-9-12(15)6-5-10(13)2/h5-6,9,11H,4,7-8,15H2,1-3H3,(H,16,17). The number of hydrogen-bond donors (Lipinski definition) is 2. The normalized spacial score (nSPS) is 12.9. The van der Waals surface area contributed by atoms with E-state index < -0.39 is 15.1 Å². The highest BCUT2D eigenvalue weighted by Crippen LogP contribution is 2.18. The second-order valence-electron chi connectivity index (χ2n) is 4.96. The zero-order valence-electron chi connectivity index (χ0n) is 12.1. The third kappa shape index (κ3) is 4.52. The number of anilines is 2. The van der Waals surface area contributed by atoms with Gasteiger partial charge in [0.2, 0.25) is 5.91 Å². The molecular weight excluding hydrogens is 276 g/mol. The maximum Gasteiger partial charge on any atom is 0.225 e. The van der Waals surface area contributed by atoms with Crippen molar-refractivity contribution in [2.24, 2.45) is 0 Å². The molecule has 0 fully saturated rings. The average Bonchev–Trinajstić information content (AvgIpc) is 2.39. The summed E-state index contributed by atoms with van der Waals surface area (Å²) in [5, 5.41) is 2.28. The van der Waals surface area contributed by atoms with Gasteiger partial charge in [0.05, 0.1) is 11.0 Å². The van der Waals surface area contributed by atoms with Crippen molar-refractivity contribution < 1.29 is 13.2 Å². The minimum absolute atomic E-state index is 0.0408. The van der Waals surface area contributed by atoms with Crippen LogP contribution in [0.4, 0.5) is 11.4 Å². The molecule has 0 bridgehead atoms. The topological polar surface area (TPSA) is 89.3 Å². The van der Waals surface area contributed by atoms with Gasteiger partial charge in [-0.15, -0.1) is 0 Å². The van der Waals surface area contributed by atoms with Gasteiger partial charge in [0.25, 0.3) is 0 Å². The molecule has 0 aromatic heterocycles. The largest absolute Gasteiger partial charge is 0.399 e. The monoisotopic (exact) mass is 298 g/mol. The van der Waals surface area contributed by atoms with Crippen molar-refractivity contribution in [3.05, 3.63) is 23.8 Å². The number of carbonyl (C=O) groups excluding carboxylic acids is 1. The molecule has 0 heterocycles. The number of nitrogens with one attached hydrogen (secondary N) is 1. The Morgan fingerprint density at radius 3 is 2.65 bits per heavy atom. The number of nitrogens with two attached hydrogens (primary N) is 1. The predicted molar refractivity (Wildman–Crippen MR) is 82.4 cm³/mol. The molecule has 1 atom stereocenters. The molecule has 0 saturated heterocycles. The lowest BCUT2D eigenvalue weighted by molar-refractivity contribution is -0.115. The Morgan fingerprint density at radius 1 is 1.40 bits per heavy atom. The van der Waals surface area contributed by atoms with Crippen molar-refractivity contribution in [1.82, 2.24) is 0 Å². The van der Waals surface area contributed by atoms with E-state index in [9.17, 15) is 13.2 Å². The second-order valence-corrected chi connectivity index (χ2v) is 7.50. The van der Waals surface area contributed by atoms with E-state index in [-0.39, 0.29) is 18.1 Å². The molecular formula is C14H22N2O3S. The Bertz CT molecular complexity index is 582. The van der Waals surface area contributed by atoms with E-state index in [4.69, 9.17) is 5.73 Å². The first-order valence-corrected chi connectivity index (χ1v) is 8.35. The van der Waals surface area contributed by atoms with E-state index >= 15 is 0 Å². The van der Waals surface area contributed by atoms with Gasteiger partial charge < -0.3 is 11.1 Å². The van der Waals surface area contributed by atoms with Crippen LogP contribution in [0, 0.1) is 6.92 Å². The van der Waals surface area contributed by atoms with Crippen LogP contribution in [0.1, 0.15) is 32.3 Å². The van der Waals surface area contributed by atoms with Gasteiger partial charge in [-0.3, -0.25) is 4.79 Å². The van der Waals surface area contributed by atoms with Crippen molar-refractivity contribution in [3.63, 3.8) is 0 Å². The van der Waals surface area contributed by atoms with E-state index in [0.717, 1.165) is 5.56 Å². The summed E-state index contributed by atoms with van der Waals surface area (Å²) in [7, 11) is -3.20. The van der Waals surface area contributed by atoms with Crippen LogP contribution < -0.4 is 11.1 Å². The van der Waals surface area contributed by atoms with Crippen molar-refractivity contribution >= 4 is 27.1 Å². The maximum absolute atomic E-state index is 11.8. The van der Waals surface area contributed by atoms with Crippen molar-refractivity contribution in [3.8, 4) is 0 Å². The summed E-state index contributed by atoms with van der Waals surface area (Å²) in [6.07, 6.45) is 0.513. The number of rotatable bonds is 6. The van der Waals surface area contributed by atoms with Gasteiger partial charge in [-0.1, -0.05) is 13.0 Å². The summed E-state index contributed by atoms with van der Waals surface area (Å²) in [6, 6.07) is 5.22. The van der Waals surface area contributed by atoms with Crippen LogP contribution in [0.25, 0.3) is 0 Å². The molecule has 0 saturated carbocycles. The fraction of sp³-hybridized carbons (Fsp3) is 0.500. The van der Waals surface area contributed by atoms with Crippen LogP contribution in [0.2, 0.25) is 0 Å². The summed E-state index contributed by atoms with van der Waals surface area (Å²) in [6.45, 7) is 5.33. The number of hydrogen-bond acceptors (Lipinski definition) is 4. The van der Waals surface area contributed by atoms with Crippen LogP contribution in [0.5, 0.6) is 0 Å². The summed E-state index contributed by atoms with van der Waals surface area (Å²) in [5.41, 5.74) is 7.72. The van der Waals surface area contributed by atoms with Gasteiger partial charge in [-0.25, -0.2) is 8.42 Å². The van der Waals surface area contributed by atoms with Crippen LogP contribution in [-0.2, 0) is 14.6 Å². The summed E-state index contributed by atoms with van der Waals surface area (Å²) >= 11 is 0. The molecule has 112 valence electrons. The van der Waals surface area contributed by atoms with Crippen LogP contribution in [-0.4, -0.2) is 25.3 Å². The number of benzene rings is 1. The molecule has 0 radical (unpaired) electrons. The molecule has 1 rings (SSSR count). The first kappa shape index (κ1) is 16.5. The zero-order chi connectivity index (χ0) is 15.3. The van der Waals surface area contributed by atoms with Gasteiger partial charge in [0, 0.05) is 17.8 Å². The number of aryl methyl sites for hydroxylation is 1. The fourth-order valence-corrected chi connectivity index (χ4v) is 3.06. The number of carbonyl (C=O) groups is 1. The zero-order valence-corrected chi connectivity index (χ0v) is 13.0. The second kappa shape index (κ2) is 6.74. The molecule has 0 aliphatic rings. The third-order valence-corrected chi connectivity index (χ3v) is 5.67. The molecule has 6 heteroatoms. The highest BCUT2D eigenvalue weighted by Gasteiger charge is 2.20. The quantitative estimate of drug-likeness (QED) is 0.787. The van der Waals surface area contributed by atoms with E-state index in [1.165, 1.54) is 0 Å². The first-order valence-electron chi connectivity index (χ1n) is 6.63. The molecule has 0 aliphatic carbocycles. The molecule has 5 nitrogen and oxygen atoms in total. The smallest absolute Gasteiger partial charge is 0.225 e. The van der Waals surface area contributed by atoms with Crippen LogP contribution in [0.15, 0.2) is 18.2 Å². The summed E-state index contributed by atoms with van der Waals surface area (Å²) in [5.74, 6) is -0.444. The third-order valence-electron chi connectivity index (χ3n) is 3.34. The number of nitrogen functional groups attached to an aromatic ring is 1. The lowest BCUT2D eigenvalue weighted by Gasteiger charge is -2.12. The highest BCUT2D eigenvalue weighted by atomic mass is 32.2. The van der Waals surface area contributed by atoms with Gasteiger partial charge in [-0.05, 0) is 38.0 Å². The van der Waals surface area contributed by atoms with E-state index in [2.05, 4.69) is 5.32 Å². The van der Waals surface area contributed by atoms with E-state index in [1.54, 1.807) is 25.1 Å². The van der Waals surface area contributed by atoms with Gasteiger partial charge in [0.15, 0.2) is 9.84 Å². The average molecular weight is 298 g/mol. The molecule has 0 spiro atoms. The first-order chi connectivity index (χ1) is 9.26. The summed E-state index contributed by atoms with van der Waals surface area (Å²) in [4.78, 5) is 11.8. The predicted octanol–water partition coefficient (Wildman–Crippen LogP) is 2.12. The fourth-order valence-electron chi connectivity index (χ4n) is 1.68. The Morgan fingerprint density at radius 2 is 2.05 bits per heavy atom. The number of sulfone groups is 1. The van der Waals surface area contributed by atoms with Gasteiger partial charge in [0.1, 0.15) is 0 Å². The van der Waals surface area contributed by atoms with Crippen LogP contribution >= 0.6 is 0 Å². The SMILES string of the molecule is CCC(C)S(=O)(=O)CCC(=O)Nc1cc(N)ccc1C. The minimum Gasteiger partial charge on any atom is -0.399 e. The molecule has 1 unspecified atom stereocenters. The molecule has 1 aromatic rings. The lowest BCUT2D eigenvalue weighted by Crippen LogP contribution is -2.24. The molecule has 3 N–H and O–H groups in total. The van der Waals surface area contributed by atoms with E-state index in [1.807, 2.05) is 13.8 Å². The minimum atomic E-state index is -3.20. The Balaban J connectivity index is 2.63. The summed E-state index contributed by atoms with van der Waals surface area (Å²) < 4.78 is 23.7. The maximum atomic E-state index is 11.8. The highest BCUT2D eigenvalue weighted by molar-refractivity contribution is 7.92. The Hall–Kier alpha value is -1.56. The van der Waals surface area contributed by atoms with Crippen LogP contribution in [0.3, 0.4) is 0 Å². The van der Waals surface area contributed by atoms with Crippen molar-refractivity contribution in [1.29, 1.82) is 0 Å². The number of amides is 1. The molecule has 0 aliphatic heterocycles. The Kier molecular flexibility index (Phi) is 5.56. The van der Waals surface area contributed by atoms with Crippen molar-refractivity contribution in [2.75, 3.05) is 16.8 Å². The van der Waals surface area contributed by atoms with Gasteiger partial charge in [-0.2, -0.15) is 0 Å². The lowest BCUT2D eigenvalue weighted by atomic mass is 10.2. The van der Waals surface area contributed by atoms with E-state index in [0.29, 0.717) is 17.8 Å².